The highest BCUT2D eigenvalue weighted by Gasteiger charge is 2.43. The van der Waals surface area contributed by atoms with Crippen molar-refractivity contribution < 1.29 is 49.0 Å². The van der Waals surface area contributed by atoms with Crippen LogP contribution in [0.2, 0.25) is 0 Å². The van der Waals surface area contributed by atoms with Gasteiger partial charge in [-0.05, 0) is 17.9 Å². The Morgan fingerprint density at radius 1 is 1.06 bits per heavy atom. The van der Waals surface area contributed by atoms with E-state index in [1.54, 1.807) is 0 Å². The van der Waals surface area contributed by atoms with Crippen LogP contribution in [0.5, 0.6) is 0 Å². The van der Waals surface area contributed by atoms with Crippen LogP contribution in [0, 0.1) is 29.2 Å². The number of benzene rings is 1. The second-order valence-corrected chi connectivity index (χ2v) is 7.80. The summed E-state index contributed by atoms with van der Waals surface area (Å²) in [6, 6.07) is -0.160. The van der Waals surface area contributed by atoms with Crippen molar-refractivity contribution in [3.8, 4) is 0 Å². The van der Waals surface area contributed by atoms with E-state index in [1.165, 1.54) is 13.8 Å². The highest BCUT2D eigenvalue weighted by Crippen LogP contribution is 2.45. The predicted octanol–water partition coefficient (Wildman–Crippen LogP) is 6.60. The molecule has 0 aliphatic rings. The zero-order valence-corrected chi connectivity index (χ0v) is 18.0. The van der Waals surface area contributed by atoms with Crippen LogP contribution < -0.4 is 0 Å². The number of halogens is 9. The number of thiol groups is 1. The smallest absolute Gasteiger partial charge is 0.433 e. The topological polar surface area (TPSA) is 39.2 Å². The lowest BCUT2D eigenvalue weighted by atomic mass is 9.87. The summed E-state index contributed by atoms with van der Waals surface area (Å²) in [7, 11) is 0.771. The highest BCUT2D eigenvalue weighted by molar-refractivity contribution is 7.80. The molecule has 1 atom stereocenters. The number of hydrogen-bond acceptors (Lipinski definition) is 4. The molecule has 0 aliphatic carbocycles. The Morgan fingerprint density at radius 3 is 1.97 bits per heavy atom. The summed E-state index contributed by atoms with van der Waals surface area (Å²) >= 11 is 3.77. The van der Waals surface area contributed by atoms with Crippen molar-refractivity contribution in [2.24, 2.45) is 5.92 Å². The molecule has 0 spiro atoms. The zero-order chi connectivity index (χ0) is 25.4. The van der Waals surface area contributed by atoms with Gasteiger partial charge in [0.05, 0.1) is 17.9 Å². The Balaban J connectivity index is 3.12. The van der Waals surface area contributed by atoms with E-state index in [0.29, 0.717) is 0 Å². The maximum atomic E-state index is 14.4. The first-order chi connectivity index (χ1) is 15.1. The molecule has 0 fully saturated rings. The van der Waals surface area contributed by atoms with Crippen molar-refractivity contribution in [3.05, 3.63) is 63.0 Å². The third kappa shape index (κ3) is 5.22. The number of alkyl halides is 5. The third-order valence-corrected chi connectivity index (χ3v) is 5.06. The van der Waals surface area contributed by atoms with Gasteiger partial charge in [0.2, 0.25) is 0 Å². The number of carbonyl (C=O) groups is 1. The van der Waals surface area contributed by atoms with Crippen LogP contribution in [0.1, 0.15) is 64.0 Å². The molecule has 2 aromatic rings. The molecule has 182 valence electrons. The number of rotatable bonds is 6. The molecule has 1 aromatic carbocycles. The minimum absolute atomic E-state index is 0.160. The SMILES string of the molecule is COC(=O)c1c(C(F)F)nc(C(F)(F)F)c(C(S)c2c(F)c(F)cc(F)c2F)c1CC(C)C. The lowest BCUT2D eigenvalue weighted by molar-refractivity contribution is -0.142. The number of ether oxygens (including phenoxy) is 1. The number of esters is 1. The first-order valence-corrected chi connectivity index (χ1v) is 9.66. The van der Waals surface area contributed by atoms with E-state index in [1.807, 2.05) is 0 Å². The van der Waals surface area contributed by atoms with Crippen LogP contribution in [0.25, 0.3) is 0 Å². The average molecular weight is 505 g/mol. The summed E-state index contributed by atoms with van der Waals surface area (Å²) in [5.41, 5.74) is -8.15. The number of aromatic nitrogens is 1. The molecule has 0 aliphatic heterocycles. The number of methoxy groups -OCH3 is 1. The van der Waals surface area contributed by atoms with Gasteiger partial charge >= 0.3 is 12.1 Å². The molecule has 0 radical (unpaired) electrons. The van der Waals surface area contributed by atoms with Crippen molar-refractivity contribution in [2.45, 2.75) is 38.1 Å². The van der Waals surface area contributed by atoms with E-state index >= 15 is 0 Å². The summed E-state index contributed by atoms with van der Waals surface area (Å²) in [5.74, 6) is -10.0. The summed E-state index contributed by atoms with van der Waals surface area (Å²) in [6.45, 7) is 2.91. The number of pyridine rings is 1. The largest absolute Gasteiger partial charge is 0.465 e. The van der Waals surface area contributed by atoms with Crippen LogP contribution in [0.3, 0.4) is 0 Å². The van der Waals surface area contributed by atoms with E-state index in [-0.39, 0.29) is 6.07 Å². The number of hydrogen-bond donors (Lipinski definition) is 1. The molecule has 0 N–H and O–H groups in total. The molecule has 13 heteroatoms. The van der Waals surface area contributed by atoms with Crippen LogP contribution in [0.4, 0.5) is 39.5 Å². The fourth-order valence-electron chi connectivity index (χ4n) is 3.26. The molecule has 1 aromatic heterocycles. The number of carbonyl (C=O) groups excluding carboxylic acids is 1. The monoisotopic (exact) mass is 505 g/mol. The Morgan fingerprint density at radius 2 is 1.58 bits per heavy atom. The standard InChI is InChI=1S/C20H16F9NO2S/c1-6(2)4-7-10(19(31)32-3)15(18(25)26)30-17(20(27,28)29)11(7)16(33)12-13(23)8(21)5-9(22)14(12)24/h5-6,16,18,33H,4H2,1-3H3. The van der Waals surface area contributed by atoms with Crippen molar-refractivity contribution in [1.29, 1.82) is 0 Å². The molecule has 0 saturated heterocycles. The summed E-state index contributed by atoms with van der Waals surface area (Å²) in [4.78, 5) is 15.2. The van der Waals surface area contributed by atoms with Crippen LogP contribution in [-0.4, -0.2) is 18.1 Å². The second-order valence-electron chi connectivity index (χ2n) is 7.29. The lowest BCUT2D eigenvalue weighted by Gasteiger charge is -2.26. The average Bonchev–Trinajstić information content (AvgIpc) is 2.69. The van der Waals surface area contributed by atoms with Crippen molar-refractivity contribution >= 4 is 18.6 Å². The first-order valence-electron chi connectivity index (χ1n) is 9.14. The highest BCUT2D eigenvalue weighted by atomic mass is 32.1. The molecule has 33 heavy (non-hydrogen) atoms. The van der Waals surface area contributed by atoms with Gasteiger partial charge in [-0.3, -0.25) is 0 Å². The van der Waals surface area contributed by atoms with Gasteiger partial charge in [-0.1, -0.05) is 13.8 Å². The molecular weight excluding hydrogens is 489 g/mol. The summed E-state index contributed by atoms with van der Waals surface area (Å²) < 4.78 is 130. The van der Waals surface area contributed by atoms with Crippen molar-refractivity contribution in [1.82, 2.24) is 4.98 Å². The molecule has 3 nitrogen and oxygen atoms in total. The molecule has 1 unspecified atom stereocenters. The van der Waals surface area contributed by atoms with Gasteiger partial charge in [0.1, 0.15) is 11.4 Å². The lowest BCUT2D eigenvalue weighted by Crippen LogP contribution is -2.24. The molecule has 1 heterocycles. The van der Waals surface area contributed by atoms with E-state index in [4.69, 9.17) is 0 Å². The normalized spacial score (nSPS) is 13.1. The molecule has 0 saturated carbocycles. The predicted molar refractivity (Wildman–Crippen MR) is 101 cm³/mol. The molecule has 0 amide bonds. The van der Waals surface area contributed by atoms with Gasteiger partial charge in [-0.2, -0.15) is 25.8 Å². The minimum Gasteiger partial charge on any atom is -0.465 e. The van der Waals surface area contributed by atoms with Crippen LogP contribution in [0.15, 0.2) is 6.07 Å². The van der Waals surface area contributed by atoms with Crippen molar-refractivity contribution in [2.75, 3.05) is 7.11 Å². The van der Waals surface area contributed by atoms with E-state index < -0.39 is 93.1 Å². The molecular formula is C20H16F9NO2S. The Kier molecular flexibility index (Phi) is 7.98. The Hall–Kier alpha value is -2.44. The first kappa shape index (κ1) is 26.8. The maximum absolute atomic E-state index is 14.4. The van der Waals surface area contributed by atoms with E-state index in [0.717, 1.165) is 7.11 Å². The second kappa shape index (κ2) is 9.82. The van der Waals surface area contributed by atoms with E-state index in [9.17, 15) is 44.3 Å². The van der Waals surface area contributed by atoms with Gasteiger partial charge in [-0.25, -0.2) is 36.1 Å². The third-order valence-electron chi connectivity index (χ3n) is 4.54. The van der Waals surface area contributed by atoms with Crippen LogP contribution in [-0.2, 0) is 17.3 Å². The quantitative estimate of drug-likeness (QED) is 0.208. The van der Waals surface area contributed by atoms with Gasteiger partial charge in [0.15, 0.2) is 23.3 Å². The summed E-state index contributed by atoms with van der Waals surface area (Å²) in [6.07, 6.45) is -9.64. The minimum atomic E-state index is -5.47. The molecule has 0 bridgehead atoms. The number of nitrogens with zero attached hydrogens (tertiary/aromatic N) is 1. The zero-order valence-electron chi connectivity index (χ0n) is 17.1. The van der Waals surface area contributed by atoms with Gasteiger partial charge in [0, 0.05) is 17.2 Å². The molecule has 2 rings (SSSR count). The Bertz CT molecular complexity index is 1040. The van der Waals surface area contributed by atoms with E-state index in [2.05, 4.69) is 22.3 Å². The Labute approximate surface area is 187 Å². The van der Waals surface area contributed by atoms with Crippen molar-refractivity contribution in [3.63, 3.8) is 0 Å². The fourth-order valence-corrected chi connectivity index (χ4v) is 3.77. The fraction of sp³-hybridized carbons (Fsp3) is 0.400. The van der Waals surface area contributed by atoms with Gasteiger partial charge in [-0.15, -0.1) is 0 Å². The van der Waals surface area contributed by atoms with Gasteiger partial charge in [0.25, 0.3) is 6.43 Å². The maximum Gasteiger partial charge on any atom is 0.433 e. The van der Waals surface area contributed by atoms with Gasteiger partial charge < -0.3 is 4.74 Å². The van der Waals surface area contributed by atoms with Crippen LogP contribution >= 0.6 is 12.6 Å². The summed E-state index contributed by atoms with van der Waals surface area (Å²) in [5, 5.41) is -2.39.